The lowest BCUT2D eigenvalue weighted by molar-refractivity contribution is 0.427. The van der Waals surface area contributed by atoms with Gasteiger partial charge in [0, 0.05) is 9.48 Å². The van der Waals surface area contributed by atoms with Crippen LogP contribution in [0.5, 0.6) is 0 Å². The van der Waals surface area contributed by atoms with Gasteiger partial charge in [0.2, 0.25) is 0 Å². The van der Waals surface area contributed by atoms with Crippen LogP contribution in [-0.4, -0.2) is 17.2 Å². The molecule has 1 aromatic carbocycles. The molecule has 0 fully saturated rings. The summed E-state index contributed by atoms with van der Waals surface area (Å²) in [6, 6.07) is 7.81. The largest absolute Gasteiger partial charge is 0.499 e. The van der Waals surface area contributed by atoms with Gasteiger partial charge >= 0.3 is 7.12 Å². The van der Waals surface area contributed by atoms with Gasteiger partial charge in [-0.25, -0.2) is 0 Å². The van der Waals surface area contributed by atoms with E-state index in [2.05, 4.69) is 31.9 Å². The lowest BCUT2D eigenvalue weighted by Crippen LogP contribution is -2.26. The van der Waals surface area contributed by atoms with Crippen molar-refractivity contribution in [1.29, 1.82) is 0 Å². The van der Waals surface area contributed by atoms with Crippen LogP contribution in [0.3, 0.4) is 0 Å². The molecule has 0 aliphatic heterocycles. The molecule has 2 N–H and O–H groups in total. The molecule has 0 unspecified atom stereocenters. The van der Waals surface area contributed by atoms with Gasteiger partial charge in [0.05, 0.1) is 3.74 Å². The molecule has 1 aromatic heterocycles. The van der Waals surface area contributed by atoms with Gasteiger partial charge in [-0.1, -0.05) is 37.9 Å². The van der Waals surface area contributed by atoms with Crippen molar-refractivity contribution in [2.24, 2.45) is 0 Å². The number of rotatable bonds is 2. The van der Waals surface area contributed by atoms with Crippen LogP contribution in [0.1, 0.15) is 9.30 Å². The molecule has 0 radical (unpaired) electrons. The molecule has 0 bridgehead atoms. The normalized spacial score (nSPS) is 11.3. The van der Waals surface area contributed by atoms with E-state index in [0.29, 0.717) is 4.78 Å². The Morgan fingerprint density at radius 1 is 1.20 bits per heavy atom. The molecule has 15 heavy (non-hydrogen) atoms. The lowest BCUT2D eigenvalue weighted by atomic mass is 9.89. The zero-order chi connectivity index (χ0) is 11.0. The maximum absolute atomic E-state index is 9.05. The first-order valence-corrected chi connectivity index (χ1v) is 6.90. The summed E-state index contributed by atoms with van der Waals surface area (Å²) < 4.78 is 1.75. The zero-order valence-electron chi connectivity index (χ0n) is 7.52. The van der Waals surface area contributed by atoms with Crippen LogP contribution in [0.15, 0.2) is 24.3 Å². The lowest BCUT2D eigenvalue weighted by Gasteiger charge is -2.00. The third-order valence-electron chi connectivity index (χ3n) is 2.07. The summed E-state index contributed by atoms with van der Waals surface area (Å²) in [6.45, 7) is 0. The fraction of sp³-hybridized carbons (Fsp3) is 0.111. The van der Waals surface area contributed by atoms with E-state index in [4.69, 9.17) is 10.0 Å². The van der Waals surface area contributed by atoms with Crippen LogP contribution >= 0.6 is 43.2 Å². The van der Waals surface area contributed by atoms with E-state index in [9.17, 15) is 0 Å². The van der Waals surface area contributed by atoms with Crippen molar-refractivity contribution in [3.63, 3.8) is 0 Å². The minimum absolute atomic E-state index is 0.122. The molecule has 0 saturated carbocycles. The fourth-order valence-corrected chi connectivity index (χ4v) is 2.83. The van der Waals surface area contributed by atoms with E-state index >= 15 is 0 Å². The SMILES string of the molecule is OB(O)c1cc2cc(C(Br)Br)ccc2s1. The van der Waals surface area contributed by atoms with E-state index in [1.165, 1.54) is 11.3 Å². The van der Waals surface area contributed by atoms with Crippen LogP contribution in [0, 0.1) is 0 Å². The van der Waals surface area contributed by atoms with Gasteiger partial charge < -0.3 is 10.0 Å². The summed E-state index contributed by atoms with van der Waals surface area (Å²) in [5.74, 6) is 0. The average molecular weight is 350 g/mol. The number of benzene rings is 1. The number of hydrogen-bond acceptors (Lipinski definition) is 3. The Balaban J connectivity index is 2.52. The number of hydrogen-bond donors (Lipinski definition) is 2. The summed E-state index contributed by atoms with van der Waals surface area (Å²) in [5, 5.41) is 19.1. The maximum atomic E-state index is 9.05. The van der Waals surface area contributed by atoms with Crippen molar-refractivity contribution in [3.05, 3.63) is 29.8 Å². The highest BCUT2D eigenvalue weighted by Crippen LogP contribution is 2.32. The Morgan fingerprint density at radius 3 is 2.53 bits per heavy atom. The Hall–Kier alpha value is 0.125. The van der Waals surface area contributed by atoms with Gasteiger partial charge in [-0.05, 0) is 29.1 Å². The Morgan fingerprint density at radius 2 is 1.93 bits per heavy atom. The molecule has 0 aliphatic rings. The Labute approximate surface area is 108 Å². The first kappa shape index (κ1) is 11.6. The molecule has 2 rings (SSSR count). The second-order valence-electron chi connectivity index (χ2n) is 3.12. The van der Waals surface area contributed by atoms with E-state index < -0.39 is 7.12 Å². The number of halogens is 2. The fourth-order valence-electron chi connectivity index (χ4n) is 1.35. The number of thiophene rings is 1. The molecular formula is C9H7BBr2O2S. The van der Waals surface area contributed by atoms with Crippen molar-refractivity contribution < 1.29 is 10.0 Å². The van der Waals surface area contributed by atoms with Crippen LogP contribution in [0.25, 0.3) is 10.1 Å². The van der Waals surface area contributed by atoms with Crippen LogP contribution in [0.2, 0.25) is 0 Å². The van der Waals surface area contributed by atoms with E-state index in [0.717, 1.165) is 15.6 Å². The van der Waals surface area contributed by atoms with Gasteiger partial charge in [0.15, 0.2) is 0 Å². The summed E-state index contributed by atoms with van der Waals surface area (Å²) in [5.41, 5.74) is 1.11. The second-order valence-corrected chi connectivity index (χ2v) is 7.30. The Kier molecular flexibility index (Phi) is 3.52. The minimum Gasteiger partial charge on any atom is -0.423 e. The molecule has 0 saturated heterocycles. The topological polar surface area (TPSA) is 40.5 Å². The predicted octanol–water partition coefficient (Wildman–Crippen LogP) is 2.37. The molecule has 0 atom stereocenters. The third kappa shape index (κ3) is 2.45. The zero-order valence-corrected chi connectivity index (χ0v) is 11.5. The molecular weight excluding hydrogens is 343 g/mol. The quantitative estimate of drug-likeness (QED) is 0.645. The van der Waals surface area contributed by atoms with Crippen molar-refractivity contribution >= 4 is 65.2 Å². The van der Waals surface area contributed by atoms with Gasteiger partial charge in [0.25, 0.3) is 0 Å². The first-order valence-electron chi connectivity index (χ1n) is 4.25. The van der Waals surface area contributed by atoms with Crippen LogP contribution in [-0.2, 0) is 0 Å². The summed E-state index contributed by atoms with van der Waals surface area (Å²) >= 11 is 8.25. The number of fused-ring (bicyclic) bond motifs is 1. The molecule has 2 nitrogen and oxygen atoms in total. The van der Waals surface area contributed by atoms with Gasteiger partial charge in [-0.3, -0.25) is 0 Å². The molecule has 0 spiro atoms. The molecule has 1 heterocycles. The average Bonchev–Trinajstić information content (AvgIpc) is 2.59. The highest BCUT2D eigenvalue weighted by molar-refractivity contribution is 9.24. The molecule has 0 amide bonds. The summed E-state index contributed by atoms with van der Waals surface area (Å²) in [4.78, 5) is 0. The van der Waals surface area contributed by atoms with Crippen molar-refractivity contribution in [3.8, 4) is 0 Å². The maximum Gasteiger partial charge on any atom is 0.499 e. The smallest absolute Gasteiger partial charge is 0.423 e. The molecule has 2 aromatic rings. The van der Waals surface area contributed by atoms with Crippen molar-refractivity contribution in [2.45, 2.75) is 3.74 Å². The van der Waals surface area contributed by atoms with Crippen LogP contribution < -0.4 is 4.78 Å². The Bertz CT molecular complexity index is 478. The van der Waals surface area contributed by atoms with Crippen molar-refractivity contribution in [1.82, 2.24) is 0 Å². The van der Waals surface area contributed by atoms with E-state index in [-0.39, 0.29) is 3.74 Å². The standard InChI is InChI=1S/C9H7BBr2O2S/c11-9(12)5-1-2-7-6(3-5)4-8(15-7)10(13)14/h1-4,9,13-14H. The monoisotopic (exact) mass is 348 g/mol. The minimum atomic E-state index is -1.38. The number of alkyl halides is 2. The van der Waals surface area contributed by atoms with Gasteiger partial charge in [-0.2, -0.15) is 0 Å². The molecule has 6 heteroatoms. The predicted molar refractivity (Wildman–Crippen MR) is 72.2 cm³/mol. The van der Waals surface area contributed by atoms with E-state index in [1.807, 2.05) is 18.2 Å². The summed E-state index contributed by atoms with van der Waals surface area (Å²) in [7, 11) is -1.38. The molecule has 78 valence electrons. The van der Waals surface area contributed by atoms with E-state index in [1.54, 1.807) is 6.07 Å². The third-order valence-corrected chi connectivity index (χ3v) is 4.28. The van der Waals surface area contributed by atoms with Crippen LogP contribution in [0.4, 0.5) is 0 Å². The van der Waals surface area contributed by atoms with Gasteiger partial charge in [-0.15, -0.1) is 11.3 Å². The highest BCUT2D eigenvalue weighted by atomic mass is 79.9. The molecule has 0 aliphatic carbocycles. The van der Waals surface area contributed by atoms with Gasteiger partial charge in [0.1, 0.15) is 0 Å². The second kappa shape index (κ2) is 4.55. The van der Waals surface area contributed by atoms with Crippen molar-refractivity contribution in [2.75, 3.05) is 0 Å². The summed E-state index contributed by atoms with van der Waals surface area (Å²) in [6.07, 6.45) is 0. The highest BCUT2D eigenvalue weighted by Gasteiger charge is 2.15. The first-order chi connectivity index (χ1) is 7.08.